The fourth-order valence-electron chi connectivity index (χ4n) is 3.45. The lowest BCUT2D eigenvalue weighted by atomic mass is 10.1. The second-order valence-corrected chi connectivity index (χ2v) is 6.70. The minimum atomic E-state index is -0.243. The van der Waals surface area contributed by atoms with E-state index in [1.807, 2.05) is 66.7 Å². The Hall–Kier alpha value is -4.06. The summed E-state index contributed by atoms with van der Waals surface area (Å²) in [4.78, 5) is 30.8. The van der Waals surface area contributed by atoms with E-state index in [2.05, 4.69) is 10.1 Å². The summed E-state index contributed by atoms with van der Waals surface area (Å²) in [5.41, 5.74) is 2.43. The number of amides is 1. The van der Waals surface area contributed by atoms with Crippen molar-refractivity contribution in [2.45, 2.75) is 6.42 Å². The zero-order chi connectivity index (χ0) is 19.8. The van der Waals surface area contributed by atoms with Crippen LogP contribution in [0.4, 0.5) is 5.95 Å². The Morgan fingerprint density at radius 2 is 1.41 bits per heavy atom. The highest BCUT2D eigenvalue weighted by Gasteiger charge is 2.30. The molecule has 6 heteroatoms. The van der Waals surface area contributed by atoms with Crippen LogP contribution in [0.2, 0.25) is 0 Å². The fourth-order valence-corrected chi connectivity index (χ4v) is 3.45. The predicted octanol–water partition coefficient (Wildman–Crippen LogP) is 3.53. The number of fused-ring (bicyclic) bond motifs is 1. The van der Waals surface area contributed by atoms with Gasteiger partial charge >= 0.3 is 0 Å². The van der Waals surface area contributed by atoms with Crippen LogP contribution in [0.1, 0.15) is 12.0 Å². The van der Waals surface area contributed by atoms with Gasteiger partial charge in [0, 0.05) is 0 Å². The van der Waals surface area contributed by atoms with Crippen molar-refractivity contribution in [3.05, 3.63) is 101 Å². The minimum absolute atomic E-state index is 0.154. The Kier molecular flexibility index (Phi) is 4.02. The average molecular weight is 380 g/mol. The molecule has 2 heterocycles. The van der Waals surface area contributed by atoms with Crippen molar-refractivity contribution in [1.29, 1.82) is 0 Å². The van der Waals surface area contributed by atoms with Crippen molar-refractivity contribution in [3.8, 4) is 5.69 Å². The summed E-state index contributed by atoms with van der Waals surface area (Å²) in [5, 5.41) is 6.25. The Morgan fingerprint density at radius 1 is 0.759 bits per heavy atom. The van der Waals surface area contributed by atoms with Crippen LogP contribution in [0.3, 0.4) is 0 Å². The van der Waals surface area contributed by atoms with Crippen molar-refractivity contribution in [2.24, 2.45) is 5.10 Å². The lowest BCUT2D eigenvalue weighted by Gasteiger charge is -2.18. The molecule has 3 aromatic carbocycles. The first-order chi connectivity index (χ1) is 14.2. The van der Waals surface area contributed by atoms with Crippen molar-refractivity contribution in [1.82, 2.24) is 9.55 Å². The zero-order valence-corrected chi connectivity index (χ0v) is 15.4. The molecule has 4 aromatic rings. The van der Waals surface area contributed by atoms with Gasteiger partial charge in [-0.25, -0.2) is 9.55 Å². The molecule has 1 aliphatic heterocycles. The molecule has 6 nitrogen and oxygen atoms in total. The number of hydrogen-bond donors (Lipinski definition) is 0. The van der Waals surface area contributed by atoms with E-state index in [0.717, 1.165) is 5.56 Å². The monoisotopic (exact) mass is 380 g/mol. The normalized spacial score (nSPS) is 13.7. The molecule has 29 heavy (non-hydrogen) atoms. The molecule has 1 aromatic heterocycles. The first-order valence-corrected chi connectivity index (χ1v) is 9.25. The highest BCUT2D eigenvalue weighted by molar-refractivity contribution is 6.19. The molecule has 0 saturated carbocycles. The molecular formula is C23H16N4O2. The molecular weight excluding hydrogens is 364 g/mol. The lowest BCUT2D eigenvalue weighted by molar-refractivity contribution is -0.117. The summed E-state index contributed by atoms with van der Waals surface area (Å²) < 4.78 is 1.44. The molecule has 140 valence electrons. The average Bonchev–Trinajstić information content (AvgIpc) is 3.16. The van der Waals surface area contributed by atoms with Gasteiger partial charge in [-0.05, 0) is 29.8 Å². The molecule has 0 radical (unpaired) electrons. The Bertz CT molecular complexity index is 1310. The number of rotatable bonds is 3. The van der Waals surface area contributed by atoms with Crippen LogP contribution in [0.15, 0.2) is 94.8 Å². The minimum Gasteiger partial charge on any atom is -0.272 e. The standard InChI is InChI=1S/C23H16N4O2/c28-21-15-20(16-9-3-1-4-10-16)25-27(21)23-24-19-14-8-7-13-18(19)22(29)26(23)17-11-5-2-6-12-17/h1-14H,15H2. The van der Waals surface area contributed by atoms with E-state index in [1.54, 1.807) is 18.2 Å². The van der Waals surface area contributed by atoms with Crippen LogP contribution in [0.25, 0.3) is 16.6 Å². The molecule has 1 amide bonds. The third kappa shape index (κ3) is 2.91. The first-order valence-electron chi connectivity index (χ1n) is 9.25. The number of carbonyl (C=O) groups excluding carboxylic acids is 1. The van der Waals surface area contributed by atoms with Gasteiger partial charge in [0.1, 0.15) is 0 Å². The Balaban J connectivity index is 1.75. The number of hydrazone groups is 1. The van der Waals surface area contributed by atoms with E-state index in [0.29, 0.717) is 22.3 Å². The van der Waals surface area contributed by atoms with Crippen molar-refractivity contribution >= 4 is 28.5 Å². The maximum Gasteiger partial charge on any atom is 0.267 e. The van der Waals surface area contributed by atoms with Gasteiger partial charge in [-0.1, -0.05) is 60.7 Å². The molecule has 0 spiro atoms. The summed E-state index contributed by atoms with van der Waals surface area (Å²) in [7, 11) is 0. The van der Waals surface area contributed by atoms with Crippen LogP contribution >= 0.6 is 0 Å². The van der Waals surface area contributed by atoms with E-state index >= 15 is 0 Å². The van der Waals surface area contributed by atoms with E-state index < -0.39 is 0 Å². The second-order valence-electron chi connectivity index (χ2n) is 6.70. The molecule has 1 aliphatic rings. The molecule has 0 fully saturated rings. The Labute approximate surface area is 166 Å². The van der Waals surface area contributed by atoms with Crippen molar-refractivity contribution in [3.63, 3.8) is 0 Å². The van der Waals surface area contributed by atoms with E-state index in [4.69, 9.17) is 0 Å². The van der Waals surface area contributed by atoms with Crippen LogP contribution < -0.4 is 10.6 Å². The van der Waals surface area contributed by atoms with E-state index in [1.165, 1.54) is 9.58 Å². The summed E-state index contributed by atoms with van der Waals surface area (Å²) in [6.45, 7) is 0. The van der Waals surface area contributed by atoms with Crippen LogP contribution in [-0.4, -0.2) is 21.2 Å². The molecule has 0 aliphatic carbocycles. The number of para-hydroxylation sites is 2. The Morgan fingerprint density at radius 3 is 2.17 bits per heavy atom. The highest BCUT2D eigenvalue weighted by atomic mass is 16.2. The van der Waals surface area contributed by atoms with E-state index in [9.17, 15) is 9.59 Å². The summed E-state index contributed by atoms with van der Waals surface area (Å²) in [6, 6.07) is 25.8. The van der Waals surface area contributed by atoms with Crippen molar-refractivity contribution < 1.29 is 4.79 Å². The molecule has 0 saturated heterocycles. The van der Waals surface area contributed by atoms with Gasteiger partial charge < -0.3 is 0 Å². The fraction of sp³-hybridized carbons (Fsp3) is 0.0435. The molecule has 5 rings (SSSR count). The molecule has 0 N–H and O–H groups in total. The number of benzene rings is 3. The predicted molar refractivity (Wildman–Crippen MR) is 112 cm³/mol. The number of aromatic nitrogens is 2. The first kappa shape index (κ1) is 17.1. The quantitative estimate of drug-likeness (QED) is 0.546. The molecule has 0 unspecified atom stereocenters. The molecule has 0 bridgehead atoms. The van der Waals surface area contributed by atoms with Crippen LogP contribution in [0, 0.1) is 0 Å². The largest absolute Gasteiger partial charge is 0.272 e. The summed E-state index contributed by atoms with van der Waals surface area (Å²) in [5.74, 6) is -0.0356. The van der Waals surface area contributed by atoms with Gasteiger partial charge in [-0.2, -0.15) is 10.1 Å². The third-order valence-corrected chi connectivity index (χ3v) is 4.84. The highest BCUT2D eigenvalue weighted by Crippen LogP contribution is 2.24. The zero-order valence-electron chi connectivity index (χ0n) is 15.4. The van der Waals surface area contributed by atoms with Gasteiger partial charge in [-0.3, -0.25) is 9.59 Å². The summed E-state index contributed by atoms with van der Waals surface area (Å²) >= 11 is 0. The van der Waals surface area contributed by atoms with Crippen molar-refractivity contribution in [2.75, 3.05) is 5.01 Å². The van der Waals surface area contributed by atoms with Gasteiger partial charge in [0.25, 0.3) is 11.5 Å². The van der Waals surface area contributed by atoms with Gasteiger partial charge in [-0.15, -0.1) is 0 Å². The lowest BCUT2D eigenvalue weighted by Crippen LogP contribution is -2.30. The summed E-state index contributed by atoms with van der Waals surface area (Å²) in [6.07, 6.45) is 0.154. The second kappa shape index (κ2) is 6.83. The number of hydrogen-bond acceptors (Lipinski definition) is 4. The molecule has 0 atom stereocenters. The van der Waals surface area contributed by atoms with Gasteiger partial charge in [0.15, 0.2) is 0 Å². The van der Waals surface area contributed by atoms with Gasteiger partial charge in [0.05, 0.1) is 28.7 Å². The number of carbonyl (C=O) groups is 1. The van der Waals surface area contributed by atoms with Crippen LogP contribution in [0.5, 0.6) is 0 Å². The third-order valence-electron chi connectivity index (χ3n) is 4.84. The SMILES string of the molecule is O=C1CC(c2ccccc2)=NN1c1nc2ccccc2c(=O)n1-c1ccccc1. The number of nitrogens with zero attached hydrogens (tertiary/aromatic N) is 4. The number of anilines is 1. The van der Waals surface area contributed by atoms with Gasteiger partial charge in [0.2, 0.25) is 5.95 Å². The van der Waals surface area contributed by atoms with E-state index in [-0.39, 0.29) is 23.8 Å². The topological polar surface area (TPSA) is 67.6 Å². The maximum absolute atomic E-state index is 13.3. The van der Waals surface area contributed by atoms with Crippen LogP contribution in [-0.2, 0) is 4.79 Å². The maximum atomic E-state index is 13.3. The smallest absolute Gasteiger partial charge is 0.267 e.